The van der Waals surface area contributed by atoms with Crippen LogP contribution in [0.1, 0.15) is 23.1 Å². The Morgan fingerprint density at radius 2 is 1.68 bits per heavy atom. The Hall–Kier alpha value is -2.66. The number of aryl methyl sites for hydroxylation is 2. The molecule has 1 aliphatic rings. The zero-order valence-electron chi connectivity index (χ0n) is 23.7. The number of carbonyl (C=O) groups is 1. The summed E-state index contributed by atoms with van der Waals surface area (Å²) in [6.45, 7) is 6.20. The lowest BCUT2D eigenvalue weighted by molar-refractivity contribution is -0.135. The molecule has 1 saturated heterocycles. The summed E-state index contributed by atoms with van der Waals surface area (Å²) in [7, 11) is 5.35. The molecule has 0 bridgehead atoms. The van der Waals surface area contributed by atoms with Gasteiger partial charge in [0.25, 0.3) is 0 Å². The first-order chi connectivity index (χ1) is 17.9. The number of nitrogens with zero attached hydrogens (tertiary/aromatic N) is 4. The monoisotopic (exact) mass is 546 g/mol. The number of benzene rings is 2. The molecule has 1 unspecified atom stereocenters. The fourth-order valence-corrected chi connectivity index (χ4v) is 6.30. The SMILES string of the molecule is COc1cc(C)c(S(=O)(=O)N(C)CCOCC(=O)N(C)Cc2ccc(N3CCC(N(C)C)C3)cc2)c(C)c1. The van der Waals surface area contributed by atoms with Crippen molar-refractivity contribution in [2.24, 2.45) is 0 Å². The van der Waals surface area contributed by atoms with E-state index in [2.05, 4.69) is 48.2 Å². The minimum Gasteiger partial charge on any atom is -0.497 e. The minimum atomic E-state index is -3.70. The summed E-state index contributed by atoms with van der Waals surface area (Å²) in [5, 5.41) is 0. The van der Waals surface area contributed by atoms with Crippen LogP contribution in [0.3, 0.4) is 0 Å². The zero-order chi connectivity index (χ0) is 28.0. The molecule has 9 nitrogen and oxygen atoms in total. The molecule has 0 spiro atoms. The predicted molar refractivity (Wildman–Crippen MR) is 150 cm³/mol. The normalized spacial score (nSPS) is 15.9. The van der Waals surface area contributed by atoms with Gasteiger partial charge >= 0.3 is 0 Å². The standard InChI is InChI=1S/C28H42N4O5S/c1-21-16-26(36-7)17-22(2)28(21)38(34,35)31(6)14-15-37-20-27(33)30(5)18-23-8-10-24(11-9-23)32-13-12-25(19-32)29(3)4/h8-11,16-17,25H,12-15,18-20H2,1-7H3. The Balaban J connectivity index is 1.45. The van der Waals surface area contributed by atoms with Crippen LogP contribution in [0.25, 0.3) is 0 Å². The van der Waals surface area contributed by atoms with Crippen molar-refractivity contribution in [3.8, 4) is 5.75 Å². The van der Waals surface area contributed by atoms with Gasteiger partial charge in [0.15, 0.2) is 0 Å². The van der Waals surface area contributed by atoms with Gasteiger partial charge in [0.1, 0.15) is 12.4 Å². The van der Waals surface area contributed by atoms with Crippen molar-refractivity contribution in [1.82, 2.24) is 14.1 Å². The quantitative estimate of drug-likeness (QED) is 0.379. The van der Waals surface area contributed by atoms with Gasteiger partial charge in [0.2, 0.25) is 15.9 Å². The fraction of sp³-hybridized carbons (Fsp3) is 0.536. The number of ether oxygens (including phenoxy) is 2. The number of sulfonamides is 1. The van der Waals surface area contributed by atoms with Gasteiger partial charge in [-0.05, 0) is 75.3 Å². The summed E-state index contributed by atoms with van der Waals surface area (Å²) < 4.78 is 38.3. The van der Waals surface area contributed by atoms with Crippen LogP contribution in [0.5, 0.6) is 5.75 Å². The van der Waals surface area contributed by atoms with E-state index in [-0.39, 0.29) is 30.6 Å². The molecule has 0 saturated carbocycles. The van der Waals surface area contributed by atoms with Crippen LogP contribution in [0.2, 0.25) is 0 Å². The van der Waals surface area contributed by atoms with E-state index in [0.29, 0.717) is 29.5 Å². The second-order valence-electron chi connectivity index (χ2n) is 10.2. The molecule has 0 aliphatic carbocycles. The maximum Gasteiger partial charge on any atom is 0.248 e. The first kappa shape index (κ1) is 29.9. The summed E-state index contributed by atoms with van der Waals surface area (Å²) in [6.07, 6.45) is 1.16. The largest absolute Gasteiger partial charge is 0.497 e. The van der Waals surface area contributed by atoms with Crippen molar-refractivity contribution in [2.75, 3.05) is 73.0 Å². The number of methoxy groups -OCH3 is 1. The number of carbonyl (C=O) groups excluding carboxylic acids is 1. The first-order valence-electron chi connectivity index (χ1n) is 12.9. The average molecular weight is 547 g/mol. The number of likely N-dealkylation sites (N-methyl/N-ethyl adjacent to an activating group) is 3. The van der Waals surface area contributed by atoms with Crippen LogP contribution >= 0.6 is 0 Å². The van der Waals surface area contributed by atoms with E-state index >= 15 is 0 Å². The third-order valence-electron chi connectivity index (χ3n) is 7.15. The van der Waals surface area contributed by atoms with Gasteiger partial charge in [0.05, 0.1) is 18.6 Å². The molecule has 1 amide bonds. The van der Waals surface area contributed by atoms with Gasteiger partial charge in [-0.15, -0.1) is 0 Å². The molecule has 0 aromatic heterocycles. The number of amides is 1. The van der Waals surface area contributed by atoms with E-state index in [4.69, 9.17) is 9.47 Å². The summed E-state index contributed by atoms with van der Waals surface area (Å²) >= 11 is 0. The molecule has 38 heavy (non-hydrogen) atoms. The number of rotatable bonds is 12. The Labute approximate surface area is 228 Å². The Morgan fingerprint density at radius 3 is 2.24 bits per heavy atom. The van der Waals surface area contributed by atoms with Crippen LogP contribution < -0.4 is 9.64 Å². The molecule has 2 aromatic carbocycles. The number of hydrogen-bond acceptors (Lipinski definition) is 7. The highest BCUT2D eigenvalue weighted by Crippen LogP contribution is 2.28. The second kappa shape index (κ2) is 12.9. The van der Waals surface area contributed by atoms with Gasteiger partial charge in [-0.3, -0.25) is 4.79 Å². The highest BCUT2D eigenvalue weighted by Gasteiger charge is 2.26. The minimum absolute atomic E-state index is 0.108. The van der Waals surface area contributed by atoms with E-state index in [1.54, 1.807) is 45.0 Å². The molecular weight excluding hydrogens is 504 g/mol. The maximum absolute atomic E-state index is 13.1. The molecule has 10 heteroatoms. The lowest BCUT2D eigenvalue weighted by Gasteiger charge is -2.22. The van der Waals surface area contributed by atoms with Gasteiger partial charge in [-0.2, -0.15) is 4.31 Å². The van der Waals surface area contributed by atoms with Crippen molar-refractivity contribution in [3.63, 3.8) is 0 Å². The van der Waals surface area contributed by atoms with E-state index in [0.717, 1.165) is 25.1 Å². The molecule has 210 valence electrons. The van der Waals surface area contributed by atoms with E-state index in [1.165, 1.54) is 17.0 Å². The molecular formula is C28H42N4O5S. The summed E-state index contributed by atoms with van der Waals surface area (Å²) in [4.78, 5) is 19.1. The van der Waals surface area contributed by atoms with E-state index in [1.807, 2.05) is 0 Å². The topological polar surface area (TPSA) is 82.6 Å². The number of hydrogen-bond donors (Lipinski definition) is 0. The predicted octanol–water partition coefficient (Wildman–Crippen LogP) is 2.75. The maximum atomic E-state index is 13.1. The molecule has 0 radical (unpaired) electrons. The Kier molecular flexibility index (Phi) is 10.2. The summed E-state index contributed by atoms with van der Waals surface area (Å²) in [6, 6.07) is 12.3. The van der Waals surface area contributed by atoms with Gasteiger partial charge in [-0.1, -0.05) is 12.1 Å². The van der Waals surface area contributed by atoms with Crippen molar-refractivity contribution in [3.05, 3.63) is 53.1 Å². The van der Waals surface area contributed by atoms with E-state index in [9.17, 15) is 13.2 Å². The lowest BCUT2D eigenvalue weighted by atomic mass is 10.1. The summed E-state index contributed by atoms with van der Waals surface area (Å²) in [5.41, 5.74) is 3.49. The number of anilines is 1. The molecule has 1 heterocycles. The third kappa shape index (κ3) is 7.25. The smallest absolute Gasteiger partial charge is 0.248 e. The molecule has 1 fully saturated rings. The molecule has 3 rings (SSSR count). The lowest BCUT2D eigenvalue weighted by Crippen LogP contribution is -2.33. The fourth-order valence-electron chi connectivity index (χ4n) is 4.75. The molecule has 2 aromatic rings. The third-order valence-corrected chi connectivity index (χ3v) is 9.32. The summed E-state index contributed by atoms with van der Waals surface area (Å²) in [5.74, 6) is 0.461. The van der Waals surface area contributed by atoms with Crippen molar-refractivity contribution in [1.29, 1.82) is 0 Å². The van der Waals surface area contributed by atoms with Gasteiger partial charge in [0, 0.05) is 52.0 Å². The van der Waals surface area contributed by atoms with Crippen molar-refractivity contribution < 1.29 is 22.7 Å². The van der Waals surface area contributed by atoms with Gasteiger partial charge < -0.3 is 24.2 Å². The van der Waals surface area contributed by atoms with Crippen LogP contribution in [-0.4, -0.2) is 103 Å². The highest BCUT2D eigenvalue weighted by atomic mass is 32.2. The first-order valence-corrected chi connectivity index (χ1v) is 14.3. The van der Waals surface area contributed by atoms with Crippen LogP contribution in [0, 0.1) is 13.8 Å². The van der Waals surface area contributed by atoms with Crippen molar-refractivity contribution >= 4 is 21.6 Å². The second-order valence-corrected chi connectivity index (χ2v) is 12.2. The van der Waals surface area contributed by atoms with Crippen LogP contribution in [0.4, 0.5) is 5.69 Å². The molecule has 1 aliphatic heterocycles. The highest BCUT2D eigenvalue weighted by molar-refractivity contribution is 7.89. The zero-order valence-corrected chi connectivity index (χ0v) is 24.5. The molecule has 0 N–H and O–H groups in total. The Bertz CT molecular complexity index is 1180. The Morgan fingerprint density at radius 1 is 1.05 bits per heavy atom. The van der Waals surface area contributed by atoms with Gasteiger partial charge in [-0.25, -0.2) is 8.42 Å². The van der Waals surface area contributed by atoms with Crippen LogP contribution in [-0.2, 0) is 26.1 Å². The van der Waals surface area contributed by atoms with Crippen LogP contribution in [0.15, 0.2) is 41.3 Å². The van der Waals surface area contributed by atoms with Crippen molar-refractivity contribution in [2.45, 2.75) is 37.8 Å². The average Bonchev–Trinajstić information content (AvgIpc) is 3.37. The van der Waals surface area contributed by atoms with E-state index < -0.39 is 10.0 Å². The molecule has 1 atom stereocenters.